The van der Waals surface area contributed by atoms with Gasteiger partial charge in [0, 0.05) is 19.3 Å². The Morgan fingerprint density at radius 3 is 2.81 bits per heavy atom. The second-order valence-corrected chi connectivity index (χ2v) is 4.73. The van der Waals surface area contributed by atoms with Crippen molar-refractivity contribution in [2.75, 3.05) is 0 Å². The van der Waals surface area contributed by atoms with Crippen LogP contribution < -0.4 is 11.2 Å². The van der Waals surface area contributed by atoms with Crippen molar-refractivity contribution in [3.05, 3.63) is 42.6 Å². The number of halogens is 1. The number of hydrogen-bond donors (Lipinski definition) is 0. The summed E-state index contributed by atoms with van der Waals surface area (Å²) in [6.45, 7) is 0.0940. The standard InChI is InChI=1S/C8H7ClN4O2S/c1-12-3-2-6(14)13(8(12)15)4-5-10-11-7(9)16-5/h2-3H,4H2,1H3. The lowest BCUT2D eigenvalue weighted by molar-refractivity contribution is 0.634. The van der Waals surface area contributed by atoms with Crippen LogP contribution in [0.25, 0.3) is 0 Å². The van der Waals surface area contributed by atoms with E-state index in [2.05, 4.69) is 10.2 Å². The van der Waals surface area contributed by atoms with Crippen molar-refractivity contribution in [2.45, 2.75) is 6.54 Å². The summed E-state index contributed by atoms with van der Waals surface area (Å²) in [6, 6.07) is 1.32. The van der Waals surface area contributed by atoms with Crippen LogP contribution in [0.2, 0.25) is 4.47 Å². The first kappa shape index (κ1) is 11.0. The zero-order chi connectivity index (χ0) is 11.7. The van der Waals surface area contributed by atoms with E-state index in [1.807, 2.05) is 0 Å². The predicted octanol–water partition coefficient (Wildman–Crippen LogP) is 0.100. The van der Waals surface area contributed by atoms with Crippen LogP contribution in [0.4, 0.5) is 0 Å². The zero-order valence-corrected chi connectivity index (χ0v) is 9.83. The summed E-state index contributed by atoms with van der Waals surface area (Å²) < 4.78 is 2.69. The fourth-order valence-electron chi connectivity index (χ4n) is 1.19. The molecular formula is C8H7ClN4O2S. The van der Waals surface area contributed by atoms with Crippen molar-refractivity contribution in [1.29, 1.82) is 0 Å². The number of hydrogen-bond acceptors (Lipinski definition) is 5. The first-order chi connectivity index (χ1) is 7.58. The molecule has 2 rings (SSSR count). The summed E-state index contributed by atoms with van der Waals surface area (Å²) in [7, 11) is 1.57. The fourth-order valence-corrected chi connectivity index (χ4v) is 2.05. The van der Waals surface area contributed by atoms with Gasteiger partial charge in [-0.1, -0.05) is 11.3 Å². The molecule has 16 heavy (non-hydrogen) atoms. The topological polar surface area (TPSA) is 69.8 Å². The molecule has 2 aromatic rings. The highest BCUT2D eigenvalue weighted by atomic mass is 35.5. The van der Waals surface area contributed by atoms with E-state index in [0.29, 0.717) is 5.01 Å². The van der Waals surface area contributed by atoms with Crippen molar-refractivity contribution in [3.8, 4) is 0 Å². The van der Waals surface area contributed by atoms with Crippen LogP contribution >= 0.6 is 22.9 Å². The molecule has 0 aromatic carbocycles. The first-order valence-corrected chi connectivity index (χ1v) is 5.52. The fraction of sp³-hybridized carbons (Fsp3) is 0.250. The lowest BCUT2D eigenvalue weighted by Gasteiger charge is -2.03. The number of aryl methyl sites for hydroxylation is 1. The summed E-state index contributed by atoms with van der Waals surface area (Å²) in [5.74, 6) is 0. The van der Waals surface area contributed by atoms with E-state index in [1.165, 1.54) is 16.8 Å². The molecule has 0 N–H and O–H groups in total. The minimum atomic E-state index is -0.390. The minimum Gasteiger partial charge on any atom is -0.303 e. The molecule has 0 amide bonds. The van der Waals surface area contributed by atoms with Crippen LogP contribution in [-0.2, 0) is 13.6 Å². The highest BCUT2D eigenvalue weighted by Crippen LogP contribution is 2.14. The molecular weight excluding hydrogens is 252 g/mol. The van der Waals surface area contributed by atoms with Crippen molar-refractivity contribution in [3.63, 3.8) is 0 Å². The van der Waals surface area contributed by atoms with Gasteiger partial charge in [-0.25, -0.2) is 4.79 Å². The average Bonchev–Trinajstić information content (AvgIpc) is 2.65. The molecule has 0 radical (unpaired) electrons. The van der Waals surface area contributed by atoms with Crippen molar-refractivity contribution >= 4 is 22.9 Å². The lowest BCUT2D eigenvalue weighted by Crippen LogP contribution is -2.38. The Labute approximate surface area is 98.8 Å². The van der Waals surface area contributed by atoms with Gasteiger partial charge >= 0.3 is 5.69 Å². The van der Waals surface area contributed by atoms with E-state index >= 15 is 0 Å². The van der Waals surface area contributed by atoms with Gasteiger partial charge in [-0.15, -0.1) is 10.2 Å². The van der Waals surface area contributed by atoms with Crippen molar-refractivity contribution in [2.24, 2.45) is 7.05 Å². The Morgan fingerprint density at radius 1 is 1.44 bits per heavy atom. The van der Waals surface area contributed by atoms with Crippen LogP contribution in [0.15, 0.2) is 21.9 Å². The maximum atomic E-state index is 11.7. The van der Waals surface area contributed by atoms with Crippen LogP contribution in [-0.4, -0.2) is 19.3 Å². The van der Waals surface area contributed by atoms with Crippen molar-refractivity contribution < 1.29 is 0 Å². The smallest absolute Gasteiger partial charge is 0.303 e. The molecule has 0 atom stereocenters. The predicted molar refractivity (Wildman–Crippen MR) is 60.0 cm³/mol. The molecule has 0 unspecified atom stereocenters. The van der Waals surface area contributed by atoms with E-state index in [4.69, 9.17) is 11.6 Å². The number of nitrogens with zero attached hydrogens (tertiary/aromatic N) is 4. The maximum absolute atomic E-state index is 11.7. The first-order valence-electron chi connectivity index (χ1n) is 4.32. The third-order valence-corrected chi connectivity index (χ3v) is 2.98. The monoisotopic (exact) mass is 258 g/mol. The SMILES string of the molecule is Cn1ccc(=O)n(Cc2nnc(Cl)s2)c1=O. The summed E-state index contributed by atoms with van der Waals surface area (Å²) in [4.78, 5) is 23.1. The highest BCUT2D eigenvalue weighted by molar-refractivity contribution is 7.15. The largest absolute Gasteiger partial charge is 0.331 e. The van der Waals surface area contributed by atoms with Gasteiger partial charge in [0.2, 0.25) is 4.47 Å². The second kappa shape index (κ2) is 4.18. The third kappa shape index (κ3) is 2.05. The molecule has 2 aromatic heterocycles. The molecule has 84 valence electrons. The Balaban J connectivity index is 2.46. The molecule has 2 heterocycles. The van der Waals surface area contributed by atoms with Gasteiger partial charge in [-0.3, -0.25) is 9.36 Å². The van der Waals surface area contributed by atoms with E-state index in [0.717, 1.165) is 15.9 Å². The van der Waals surface area contributed by atoms with Gasteiger partial charge in [0.05, 0.1) is 6.54 Å². The third-order valence-electron chi connectivity index (χ3n) is 1.97. The quantitative estimate of drug-likeness (QED) is 0.766. The Hall–Kier alpha value is -1.47. The molecule has 0 bridgehead atoms. The summed E-state index contributed by atoms with van der Waals surface area (Å²) in [6.07, 6.45) is 1.42. The van der Waals surface area contributed by atoms with Crippen LogP contribution in [0.3, 0.4) is 0 Å². The molecule has 0 spiro atoms. The molecule has 0 saturated heterocycles. The minimum absolute atomic E-state index is 0.0940. The van der Waals surface area contributed by atoms with Gasteiger partial charge in [-0.05, 0) is 11.6 Å². The van der Waals surface area contributed by atoms with Crippen molar-refractivity contribution in [1.82, 2.24) is 19.3 Å². The highest BCUT2D eigenvalue weighted by Gasteiger charge is 2.07. The molecule has 0 saturated carbocycles. The summed E-state index contributed by atoms with van der Waals surface area (Å²) >= 11 is 6.75. The lowest BCUT2D eigenvalue weighted by atomic mass is 10.5. The molecule has 8 heteroatoms. The normalized spacial score (nSPS) is 10.6. The van der Waals surface area contributed by atoms with Gasteiger partial charge in [-0.2, -0.15) is 0 Å². The number of aromatic nitrogens is 4. The second-order valence-electron chi connectivity index (χ2n) is 3.08. The van der Waals surface area contributed by atoms with E-state index in [-0.39, 0.29) is 22.3 Å². The Morgan fingerprint density at radius 2 is 2.19 bits per heavy atom. The average molecular weight is 259 g/mol. The van der Waals surface area contributed by atoms with Crippen LogP contribution in [0.1, 0.15) is 5.01 Å². The van der Waals surface area contributed by atoms with Crippen LogP contribution in [0, 0.1) is 0 Å². The Kier molecular flexibility index (Phi) is 2.88. The zero-order valence-electron chi connectivity index (χ0n) is 8.25. The van der Waals surface area contributed by atoms with Gasteiger partial charge in [0.25, 0.3) is 5.56 Å². The van der Waals surface area contributed by atoms with Gasteiger partial charge in [0.15, 0.2) is 0 Å². The Bertz CT molecular complexity index is 629. The summed E-state index contributed by atoms with van der Waals surface area (Å²) in [5, 5.41) is 7.88. The maximum Gasteiger partial charge on any atom is 0.331 e. The van der Waals surface area contributed by atoms with Gasteiger partial charge < -0.3 is 4.57 Å². The van der Waals surface area contributed by atoms with E-state index in [9.17, 15) is 9.59 Å². The molecule has 0 aliphatic carbocycles. The van der Waals surface area contributed by atoms with E-state index in [1.54, 1.807) is 7.05 Å². The van der Waals surface area contributed by atoms with Crippen LogP contribution in [0.5, 0.6) is 0 Å². The van der Waals surface area contributed by atoms with E-state index < -0.39 is 0 Å². The molecule has 6 nitrogen and oxygen atoms in total. The van der Waals surface area contributed by atoms with Gasteiger partial charge in [0.1, 0.15) is 5.01 Å². The summed E-state index contributed by atoms with van der Waals surface area (Å²) in [5.41, 5.74) is -0.756. The molecule has 0 aliphatic rings. The molecule has 0 aliphatic heterocycles. The molecule has 0 fully saturated rings. The number of rotatable bonds is 2.